The molecule has 1 aromatic carbocycles. The summed E-state index contributed by atoms with van der Waals surface area (Å²) in [4.78, 5) is 14.3. The second-order valence-corrected chi connectivity index (χ2v) is 7.17. The van der Waals surface area contributed by atoms with Crippen LogP contribution in [0.3, 0.4) is 0 Å². The third-order valence-corrected chi connectivity index (χ3v) is 5.06. The zero-order valence-corrected chi connectivity index (χ0v) is 15.9. The van der Waals surface area contributed by atoms with E-state index in [-0.39, 0.29) is 12.0 Å². The minimum atomic E-state index is -0.0147. The third kappa shape index (κ3) is 5.74. The van der Waals surface area contributed by atoms with Crippen LogP contribution in [-0.2, 0) is 22.5 Å². The van der Waals surface area contributed by atoms with E-state index in [0.29, 0.717) is 36.0 Å². The molecule has 7 heteroatoms. The fourth-order valence-electron chi connectivity index (χ4n) is 2.95. The number of hydrogen-bond acceptors (Lipinski definition) is 4. The summed E-state index contributed by atoms with van der Waals surface area (Å²) in [6, 6.07) is 9.39. The van der Waals surface area contributed by atoms with Crippen LogP contribution in [0.5, 0.6) is 0 Å². The van der Waals surface area contributed by atoms with Gasteiger partial charge in [-0.05, 0) is 29.8 Å². The first kappa shape index (κ1) is 19.2. The molecule has 1 aliphatic rings. The molecule has 5 nitrogen and oxygen atoms in total. The number of nitrogens with zero attached hydrogens (tertiary/aromatic N) is 1. The Morgan fingerprint density at radius 1 is 1.27 bits per heavy atom. The van der Waals surface area contributed by atoms with Crippen molar-refractivity contribution in [1.82, 2.24) is 10.2 Å². The number of benzene rings is 1. The van der Waals surface area contributed by atoms with Gasteiger partial charge in [0.15, 0.2) is 0 Å². The average Bonchev–Trinajstić information content (AvgIpc) is 3.15. The van der Waals surface area contributed by atoms with Gasteiger partial charge in [-0.1, -0.05) is 29.3 Å². The summed E-state index contributed by atoms with van der Waals surface area (Å²) in [5, 5.41) is 4.07. The van der Waals surface area contributed by atoms with Crippen LogP contribution in [0.2, 0.25) is 10.0 Å². The number of carbonyl (C=O) groups excluding carboxylic acids is 1. The highest BCUT2D eigenvalue weighted by Gasteiger charge is 2.21. The Labute approximate surface area is 163 Å². The Kier molecular flexibility index (Phi) is 6.97. The van der Waals surface area contributed by atoms with Gasteiger partial charge in [-0.3, -0.25) is 9.69 Å². The Bertz CT molecular complexity index is 722. The standard InChI is InChI=1S/C19H22Cl2N2O3/c20-17-5-3-14(10-18(17)21)12-23-7-9-26-16(13-23)11-22-19(24)6-4-15-2-1-8-25-15/h1-3,5,8,10,16H,4,6-7,9,11-13H2,(H,22,24)/t16-/m0/s1. The first-order valence-corrected chi connectivity index (χ1v) is 9.42. The molecule has 1 amide bonds. The number of carbonyl (C=O) groups is 1. The van der Waals surface area contributed by atoms with E-state index in [1.807, 2.05) is 30.3 Å². The van der Waals surface area contributed by atoms with Gasteiger partial charge in [0.1, 0.15) is 5.76 Å². The van der Waals surface area contributed by atoms with E-state index in [1.54, 1.807) is 6.26 Å². The molecule has 0 spiro atoms. The Morgan fingerprint density at radius 2 is 2.15 bits per heavy atom. The van der Waals surface area contributed by atoms with Gasteiger partial charge >= 0.3 is 0 Å². The van der Waals surface area contributed by atoms with E-state index in [4.69, 9.17) is 32.4 Å². The zero-order chi connectivity index (χ0) is 18.4. The van der Waals surface area contributed by atoms with Crippen LogP contribution >= 0.6 is 23.2 Å². The van der Waals surface area contributed by atoms with Crippen molar-refractivity contribution in [3.8, 4) is 0 Å². The molecular formula is C19H22Cl2N2O3. The van der Waals surface area contributed by atoms with Crippen LogP contribution in [0.1, 0.15) is 17.7 Å². The smallest absolute Gasteiger partial charge is 0.220 e. The monoisotopic (exact) mass is 396 g/mol. The first-order valence-electron chi connectivity index (χ1n) is 8.67. The molecule has 1 atom stereocenters. The van der Waals surface area contributed by atoms with Crippen molar-refractivity contribution in [2.45, 2.75) is 25.5 Å². The lowest BCUT2D eigenvalue weighted by Gasteiger charge is -2.33. The van der Waals surface area contributed by atoms with Crippen LogP contribution in [0.25, 0.3) is 0 Å². The number of ether oxygens (including phenoxy) is 1. The molecule has 1 fully saturated rings. The lowest BCUT2D eigenvalue weighted by atomic mass is 10.2. The normalized spacial score (nSPS) is 18.0. The maximum Gasteiger partial charge on any atom is 0.220 e. The molecule has 26 heavy (non-hydrogen) atoms. The van der Waals surface area contributed by atoms with Gasteiger partial charge in [0, 0.05) is 39.0 Å². The number of amides is 1. The Balaban J connectivity index is 1.41. The Morgan fingerprint density at radius 3 is 2.92 bits per heavy atom. The quantitative estimate of drug-likeness (QED) is 0.777. The van der Waals surface area contributed by atoms with E-state index in [9.17, 15) is 4.79 Å². The zero-order valence-electron chi connectivity index (χ0n) is 14.4. The topological polar surface area (TPSA) is 54.7 Å². The SMILES string of the molecule is O=C(CCc1ccco1)NC[C@H]1CN(Cc2ccc(Cl)c(Cl)c2)CCO1. The molecule has 1 aromatic heterocycles. The van der Waals surface area contributed by atoms with E-state index < -0.39 is 0 Å². The molecule has 2 heterocycles. The van der Waals surface area contributed by atoms with Crippen molar-refractivity contribution in [2.75, 3.05) is 26.2 Å². The van der Waals surface area contributed by atoms with Crippen LogP contribution in [-0.4, -0.2) is 43.2 Å². The molecule has 0 aliphatic carbocycles. The second kappa shape index (κ2) is 9.42. The molecule has 0 unspecified atom stereocenters. The highest BCUT2D eigenvalue weighted by atomic mass is 35.5. The highest BCUT2D eigenvalue weighted by molar-refractivity contribution is 6.42. The van der Waals surface area contributed by atoms with Gasteiger partial charge in [0.2, 0.25) is 5.91 Å². The molecule has 3 rings (SSSR count). The van der Waals surface area contributed by atoms with Crippen molar-refractivity contribution < 1.29 is 13.9 Å². The minimum Gasteiger partial charge on any atom is -0.469 e. The number of hydrogen-bond donors (Lipinski definition) is 1. The first-order chi connectivity index (χ1) is 12.6. The molecule has 1 aliphatic heterocycles. The van der Waals surface area contributed by atoms with E-state index >= 15 is 0 Å². The molecule has 2 aromatic rings. The van der Waals surface area contributed by atoms with Crippen molar-refractivity contribution >= 4 is 29.1 Å². The van der Waals surface area contributed by atoms with Crippen molar-refractivity contribution in [3.05, 3.63) is 58.0 Å². The summed E-state index contributed by atoms with van der Waals surface area (Å²) in [6.07, 6.45) is 2.62. The van der Waals surface area contributed by atoms with Crippen LogP contribution in [0.15, 0.2) is 41.0 Å². The van der Waals surface area contributed by atoms with Gasteiger partial charge in [-0.15, -0.1) is 0 Å². The minimum absolute atomic E-state index is 0.00612. The van der Waals surface area contributed by atoms with Crippen molar-refractivity contribution in [3.63, 3.8) is 0 Å². The molecule has 0 radical (unpaired) electrons. The predicted molar refractivity (Wildman–Crippen MR) is 102 cm³/mol. The highest BCUT2D eigenvalue weighted by Crippen LogP contribution is 2.23. The van der Waals surface area contributed by atoms with Gasteiger partial charge < -0.3 is 14.5 Å². The van der Waals surface area contributed by atoms with Gasteiger partial charge in [-0.2, -0.15) is 0 Å². The third-order valence-electron chi connectivity index (χ3n) is 4.32. The van der Waals surface area contributed by atoms with Crippen LogP contribution in [0.4, 0.5) is 0 Å². The fourth-order valence-corrected chi connectivity index (χ4v) is 3.27. The predicted octanol–water partition coefficient (Wildman–Crippen LogP) is 3.54. The van der Waals surface area contributed by atoms with E-state index in [2.05, 4.69) is 10.2 Å². The van der Waals surface area contributed by atoms with Gasteiger partial charge in [0.05, 0.1) is 29.0 Å². The number of nitrogens with one attached hydrogen (secondary N) is 1. The maximum atomic E-state index is 12.0. The van der Waals surface area contributed by atoms with Gasteiger partial charge in [0.25, 0.3) is 0 Å². The number of aryl methyl sites for hydroxylation is 1. The summed E-state index contributed by atoms with van der Waals surface area (Å²) in [7, 11) is 0. The molecule has 1 saturated heterocycles. The lowest BCUT2D eigenvalue weighted by Crippen LogP contribution is -2.47. The summed E-state index contributed by atoms with van der Waals surface area (Å²) >= 11 is 12.0. The molecule has 1 N–H and O–H groups in total. The molecule has 140 valence electrons. The van der Waals surface area contributed by atoms with Crippen molar-refractivity contribution in [1.29, 1.82) is 0 Å². The van der Waals surface area contributed by atoms with Crippen LogP contribution in [0, 0.1) is 0 Å². The number of furan rings is 1. The number of halogens is 2. The number of rotatable bonds is 7. The van der Waals surface area contributed by atoms with E-state index in [0.717, 1.165) is 31.0 Å². The largest absolute Gasteiger partial charge is 0.469 e. The summed E-state index contributed by atoms with van der Waals surface area (Å²) in [5.74, 6) is 0.827. The van der Waals surface area contributed by atoms with Crippen LogP contribution < -0.4 is 5.32 Å². The molecule has 0 saturated carbocycles. The fraction of sp³-hybridized carbons (Fsp3) is 0.421. The van der Waals surface area contributed by atoms with E-state index in [1.165, 1.54) is 0 Å². The summed E-state index contributed by atoms with van der Waals surface area (Å²) in [6.45, 7) is 3.55. The molecular weight excluding hydrogens is 375 g/mol. The summed E-state index contributed by atoms with van der Waals surface area (Å²) < 4.78 is 11.0. The Hall–Kier alpha value is -1.53. The molecule has 0 bridgehead atoms. The van der Waals surface area contributed by atoms with Crippen molar-refractivity contribution in [2.24, 2.45) is 0 Å². The second-order valence-electron chi connectivity index (χ2n) is 6.36. The lowest BCUT2D eigenvalue weighted by molar-refractivity contribution is -0.122. The summed E-state index contributed by atoms with van der Waals surface area (Å²) in [5.41, 5.74) is 1.11. The van der Waals surface area contributed by atoms with Gasteiger partial charge in [-0.25, -0.2) is 0 Å². The number of morpholine rings is 1. The maximum absolute atomic E-state index is 12.0. The average molecular weight is 397 g/mol.